The van der Waals surface area contributed by atoms with Crippen molar-refractivity contribution in [1.82, 2.24) is 4.98 Å². The second kappa shape index (κ2) is 4.47. The number of aromatic nitrogens is 1. The van der Waals surface area contributed by atoms with Crippen molar-refractivity contribution in [1.29, 1.82) is 5.26 Å². The Morgan fingerprint density at radius 2 is 2.12 bits per heavy atom. The van der Waals surface area contributed by atoms with Crippen molar-refractivity contribution in [3.63, 3.8) is 0 Å². The summed E-state index contributed by atoms with van der Waals surface area (Å²) in [4.78, 5) is 4.50. The summed E-state index contributed by atoms with van der Waals surface area (Å²) >= 11 is 1.16. The molecule has 0 radical (unpaired) electrons. The first-order valence-electron chi connectivity index (χ1n) is 4.70. The van der Waals surface area contributed by atoms with Gasteiger partial charge in [-0.05, 0) is 18.2 Å². The number of thiazole rings is 1. The third-order valence-corrected chi connectivity index (χ3v) is 3.11. The molecular weight excluding hydrogens is 244 g/mol. The van der Waals surface area contributed by atoms with Gasteiger partial charge in [-0.3, -0.25) is 0 Å². The molecule has 0 bridgehead atoms. The number of halogens is 2. The average Bonchev–Trinajstić information content (AvgIpc) is 2.76. The fourth-order valence-corrected chi connectivity index (χ4v) is 2.08. The summed E-state index contributed by atoms with van der Waals surface area (Å²) in [6.07, 6.45) is 0. The lowest BCUT2D eigenvalue weighted by molar-refractivity contribution is 0.509. The lowest BCUT2D eigenvalue weighted by Gasteiger charge is -1.98. The lowest BCUT2D eigenvalue weighted by Crippen LogP contribution is -1.89. The summed E-state index contributed by atoms with van der Waals surface area (Å²) in [7, 11) is 1.68. The normalized spacial score (nSPS) is 10.0. The minimum Gasteiger partial charge on any atom is -0.365 e. The van der Waals surface area contributed by atoms with Gasteiger partial charge in [-0.1, -0.05) is 11.3 Å². The van der Waals surface area contributed by atoms with Crippen LogP contribution in [-0.2, 0) is 0 Å². The Balaban J connectivity index is 2.56. The molecular formula is C11H7F2N3S. The highest BCUT2D eigenvalue weighted by Crippen LogP contribution is 2.30. The van der Waals surface area contributed by atoms with Crippen molar-refractivity contribution in [2.45, 2.75) is 0 Å². The number of rotatable bonds is 2. The molecule has 1 aromatic carbocycles. The zero-order valence-electron chi connectivity index (χ0n) is 8.79. The van der Waals surface area contributed by atoms with Crippen molar-refractivity contribution in [3.8, 4) is 17.3 Å². The predicted molar refractivity (Wildman–Crippen MR) is 61.7 cm³/mol. The lowest BCUT2D eigenvalue weighted by atomic mass is 10.1. The van der Waals surface area contributed by atoms with Gasteiger partial charge in [0, 0.05) is 12.6 Å². The van der Waals surface area contributed by atoms with Gasteiger partial charge in [0.25, 0.3) is 0 Å². The Labute approximate surface area is 100 Å². The summed E-state index contributed by atoms with van der Waals surface area (Å²) in [5.41, 5.74) is 0.749. The number of hydrogen-bond donors (Lipinski definition) is 1. The number of benzene rings is 1. The molecule has 2 rings (SSSR count). The SMILES string of the molecule is CNc1nc(-c2ccc(F)c(F)c2)c(C#N)s1. The molecule has 86 valence electrons. The summed E-state index contributed by atoms with van der Waals surface area (Å²) in [5, 5.41) is 12.3. The van der Waals surface area contributed by atoms with Crippen LogP contribution in [0, 0.1) is 23.0 Å². The molecule has 0 aliphatic heterocycles. The molecule has 0 unspecified atom stereocenters. The average molecular weight is 251 g/mol. The Bertz CT molecular complexity index is 601. The topological polar surface area (TPSA) is 48.7 Å². The maximum absolute atomic E-state index is 13.1. The maximum atomic E-state index is 13.1. The van der Waals surface area contributed by atoms with E-state index < -0.39 is 11.6 Å². The van der Waals surface area contributed by atoms with Crippen molar-refractivity contribution < 1.29 is 8.78 Å². The molecule has 1 aromatic heterocycles. The van der Waals surface area contributed by atoms with Gasteiger partial charge in [-0.25, -0.2) is 13.8 Å². The molecule has 0 saturated carbocycles. The van der Waals surface area contributed by atoms with E-state index in [1.54, 1.807) is 7.05 Å². The number of nitrogens with one attached hydrogen (secondary N) is 1. The minimum atomic E-state index is -0.953. The Kier molecular flexibility index (Phi) is 3.02. The van der Waals surface area contributed by atoms with E-state index in [1.807, 2.05) is 6.07 Å². The van der Waals surface area contributed by atoms with Gasteiger partial charge in [0.15, 0.2) is 16.8 Å². The van der Waals surface area contributed by atoms with Crippen LogP contribution in [0.2, 0.25) is 0 Å². The molecule has 1 heterocycles. The van der Waals surface area contributed by atoms with E-state index in [0.717, 1.165) is 23.5 Å². The Hall–Kier alpha value is -2.00. The van der Waals surface area contributed by atoms with Gasteiger partial charge in [-0.2, -0.15) is 5.26 Å². The number of hydrogen-bond acceptors (Lipinski definition) is 4. The van der Waals surface area contributed by atoms with Crippen LogP contribution in [0.25, 0.3) is 11.3 Å². The molecule has 6 heteroatoms. The molecule has 0 atom stereocenters. The highest BCUT2D eigenvalue weighted by Gasteiger charge is 2.14. The van der Waals surface area contributed by atoms with Crippen molar-refractivity contribution in [2.24, 2.45) is 0 Å². The molecule has 0 aliphatic rings. The first-order valence-corrected chi connectivity index (χ1v) is 5.51. The van der Waals surface area contributed by atoms with Gasteiger partial charge in [-0.15, -0.1) is 0 Å². The van der Waals surface area contributed by atoms with E-state index in [0.29, 0.717) is 21.3 Å². The number of nitriles is 1. The molecule has 0 saturated heterocycles. The van der Waals surface area contributed by atoms with Crippen LogP contribution in [-0.4, -0.2) is 12.0 Å². The summed E-state index contributed by atoms with van der Waals surface area (Å²) in [6, 6.07) is 5.43. The minimum absolute atomic E-state index is 0.361. The molecule has 17 heavy (non-hydrogen) atoms. The fourth-order valence-electron chi connectivity index (χ4n) is 1.34. The molecule has 3 nitrogen and oxygen atoms in total. The molecule has 0 amide bonds. The molecule has 1 N–H and O–H groups in total. The predicted octanol–water partition coefficient (Wildman–Crippen LogP) is 3.00. The van der Waals surface area contributed by atoms with E-state index in [2.05, 4.69) is 10.3 Å². The van der Waals surface area contributed by atoms with E-state index in [9.17, 15) is 8.78 Å². The zero-order chi connectivity index (χ0) is 12.4. The first-order chi connectivity index (χ1) is 8.15. The third kappa shape index (κ3) is 2.10. The molecule has 0 spiro atoms. The van der Waals surface area contributed by atoms with Crippen molar-refractivity contribution in [3.05, 3.63) is 34.7 Å². The zero-order valence-corrected chi connectivity index (χ0v) is 9.61. The highest BCUT2D eigenvalue weighted by molar-refractivity contribution is 7.16. The third-order valence-electron chi connectivity index (χ3n) is 2.14. The molecule has 0 fully saturated rings. The van der Waals surface area contributed by atoms with E-state index in [4.69, 9.17) is 5.26 Å². The Morgan fingerprint density at radius 1 is 1.35 bits per heavy atom. The van der Waals surface area contributed by atoms with Crippen LogP contribution >= 0.6 is 11.3 Å². The molecule has 0 aliphatic carbocycles. The fraction of sp³-hybridized carbons (Fsp3) is 0.0909. The second-order valence-electron chi connectivity index (χ2n) is 3.19. The summed E-state index contributed by atoms with van der Waals surface area (Å²) in [6.45, 7) is 0. The van der Waals surface area contributed by atoms with Gasteiger partial charge in [0.1, 0.15) is 16.6 Å². The van der Waals surface area contributed by atoms with Crippen LogP contribution in [0.15, 0.2) is 18.2 Å². The smallest absolute Gasteiger partial charge is 0.184 e. The van der Waals surface area contributed by atoms with Crippen molar-refractivity contribution >= 4 is 16.5 Å². The quantitative estimate of drug-likeness (QED) is 0.892. The second-order valence-corrected chi connectivity index (χ2v) is 4.19. The van der Waals surface area contributed by atoms with Crippen LogP contribution < -0.4 is 5.32 Å². The first kappa shape index (κ1) is 11.5. The monoisotopic (exact) mass is 251 g/mol. The number of nitrogens with zero attached hydrogens (tertiary/aromatic N) is 2. The summed E-state index contributed by atoms with van der Waals surface area (Å²) < 4.78 is 25.9. The van der Waals surface area contributed by atoms with Gasteiger partial charge in [0.05, 0.1) is 0 Å². The molecule has 2 aromatic rings. The highest BCUT2D eigenvalue weighted by atomic mass is 32.1. The van der Waals surface area contributed by atoms with Gasteiger partial charge < -0.3 is 5.32 Å². The summed E-state index contributed by atoms with van der Waals surface area (Å²) in [5.74, 6) is -1.87. The Morgan fingerprint density at radius 3 is 2.71 bits per heavy atom. The standard InChI is InChI=1S/C11H7F2N3S/c1-15-11-16-10(9(5-14)17-11)6-2-3-7(12)8(13)4-6/h2-4H,1H3,(H,15,16). The van der Waals surface area contributed by atoms with Crippen molar-refractivity contribution in [2.75, 3.05) is 12.4 Å². The maximum Gasteiger partial charge on any atom is 0.184 e. The van der Waals surface area contributed by atoms with Crippen LogP contribution in [0.5, 0.6) is 0 Å². The van der Waals surface area contributed by atoms with Crippen LogP contribution in [0.3, 0.4) is 0 Å². The largest absolute Gasteiger partial charge is 0.365 e. The van der Waals surface area contributed by atoms with Crippen LogP contribution in [0.4, 0.5) is 13.9 Å². The van der Waals surface area contributed by atoms with Crippen LogP contribution in [0.1, 0.15) is 4.88 Å². The van der Waals surface area contributed by atoms with E-state index >= 15 is 0 Å². The number of anilines is 1. The van der Waals surface area contributed by atoms with Gasteiger partial charge in [0.2, 0.25) is 0 Å². The van der Waals surface area contributed by atoms with E-state index in [-0.39, 0.29) is 0 Å². The van der Waals surface area contributed by atoms with Gasteiger partial charge >= 0.3 is 0 Å². The van der Waals surface area contributed by atoms with E-state index in [1.165, 1.54) is 6.07 Å².